The van der Waals surface area contributed by atoms with Gasteiger partial charge in [-0.25, -0.2) is 0 Å². The van der Waals surface area contributed by atoms with Gasteiger partial charge in [-0.2, -0.15) is 0 Å². The van der Waals surface area contributed by atoms with E-state index in [9.17, 15) is 4.79 Å². The van der Waals surface area contributed by atoms with E-state index in [-0.39, 0.29) is 11.8 Å². The molecule has 20 heavy (non-hydrogen) atoms. The van der Waals surface area contributed by atoms with E-state index in [2.05, 4.69) is 17.4 Å². The van der Waals surface area contributed by atoms with E-state index >= 15 is 0 Å². The van der Waals surface area contributed by atoms with Gasteiger partial charge in [-0.1, -0.05) is 48.0 Å². The first-order valence-corrected chi connectivity index (χ1v) is 7.15. The molecule has 2 atom stereocenters. The Morgan fingerprint density at radius 1 is 1.20 bits per heavy atom. The number of hydrogen-bond acceptors (Lipinski definition) is 1. The lowest BCUT2D eigenvalue weighted by molar-refractivity contribution is -0.117. The Labute approximate surface area is 123 Å². The van der Waals surface area contributed by atoms with Crippen LogP contribution in [0.3, 0.4) is 0 Å². The number of benzene rings is 2. The van der Waals surface area contributed by atoms with E-state index < -0.39 is 0 Å². The van der Waals surface area contributed by atoms with Crippen LogP contribution < -0.4 is 5.32 Å². The summed E-state index contributed by atoms with van der Waals surface area (Å²) in [5.74, 6) is 0.522. The first-order valence-electron chi connectivity index (χ1n) is 6.77. The van der Waals surface area contributed by atoms with Crippen molar-refractivity contribution in [1.29, 1.82) is 0 Å². The number of amides is 1. The van der Waals surface area contributed by atoms with Crippen LogP contribution in [0.4, 0.5) is 5.69 Å². The summed E-state index contributed by atoms with van der Waals surface area (Å²) in [7, 11) is 0. The van der Waals surface area contributed by atoms with Gasteiger partial charge in [0.2, 0.25) is 5.91 Å². The Morgan fingerprint density at radius 3 is 2.65 bits per heavy atom. The van der Waals surface area contributed by atoms with Crippen LogP contribution in [0.25, 0.3) is 0 Å². The summed E-state index contributed by atoms with van der Waals surface area (Å²) >= 11 is 6.07. The topological polar surface area (TPSA) is 29.1 Å². The van der Waals surface area contributed by atoms with Crippen molar-refractivity contribution in [2.45, 2.75) is 19.3 Å². The van der Waals surface area contributed by atoms with E-state index in [0.29, 0.717) is 10.9 Å². The van der Waals surface area contributed by atoms with E-state index in [1.165, 1.54) is 5.56 Å². The summed E-state index contributed by atoms with van der Waals surface area (Å²) in [6, 6.07) is 15.8. The summed E-state index contributed by atoms with van der Waals surface area (Å²) in [4.78, 5) is 12.2. The van der Waals surface area contributed by atoms with Crippen molar-refractivity contribution in [3.8, 4) is 0 Å². The quantitative estimate of drug-likeness (QED) is 0.890. The number of halogens is 1. The van der Waals surface area contributed by atoms with Gasteiger partial charge < -0.3 is 5.32 Å². The second-order valence-electron chi connectivity index (χ2n) is 5.31. The molecule has 0 spiro atoms. The average Bonchev–Trinajstić information content (AvgIpc) is 3.24. The normalized spacial score (nSPS) is 20.5. The molecule has 1 amide bonds. The third-order valence-electron chi connectivity index (χ3n) is 3.79. The number of carbonyl (C=O) groups excluding carboxylic acids is 1. The molecule has 1 saturated carbocycles. The van der Waals surface area contributed by atoms with Gasteiger partial charge in [0.25, 0.3) is 0 Å². The van der Waals surface area contributed by atoms with Crippen molar-refractivity contribution in [2.24, 2.45) is 5.92 Å². The van der Waals surface area contributed by atoms with Gasteiger partial charge >= 0.3 is 0 Å². The molecule has 0 bridgehead atoms. The highest BCUT2D eigenvalue weighted by Gasteiger charge is 2.43. The molecule has 1 aliphatic carbocycles. The minimum atomic E-state index is 0.0810. The van der Waals surface area contributed by atoms with Gasteiger partial charge in [0, 0.05) is 16.6 Å². The molecular formula is C17H16ClNO. The van der Waals surface area contributed by atoms with Crippen molar-refractivity contribution in [2.75, 3.05) is 5.32 Å². The Hall–Kier alpha value is -1.80. The SMILES string of the molecule is Cc1ccc(NC(=O)[C@@H]2C[C@@H]2c2ccccc2)cc1Cl. The van der Waals surface area contributed by atoms with Gasteiger partial charge in [0.05, 0.1) is 0 Å². The summed E-state index contributed by atoms with van der Waals surface area (Å²) in [5, 5.41) is 3.63. The fraction of sp³-hybridized carbons (Fsp3) is 0.235. The van der Waals surface area contributed by atoms with Crippen molar-refractivity contribution in [3.63, 3.8) is 0 Å². The van der Waals surface area contributed by atoms with Crippen LogP contribution in [0.2, 0.25) is 5.02 Å². The third-order valence-corrected chi connectivity index (χ3v) is 4.20. The van der Waals surface area contributed by atoms with Crippen LogP contribution >= 0.6 is 11.6 Å². The fourth-order valence-electron chi connectivity index (χ4n) is 2.46. The zero-order valence-electron chi connectivity index (χ0n) is 11.3. The number of nitrogens with one attached hydrogen (secondary N) is 1. The van der Waals surface area contributed by atoms with Crippen LogP contribution in [-0.2, 0) is 4.79 Å². The minimum absolute atomic E-state index is 0.0810. The molecule has 0 radical (unpaired) electrons. The highest BCUT2D eigenvalue weighted by Crippen LogP contribution is 2.47. The third kappa shape index (κ3) is 2.70. The maximum atomic E-state index is 12.2. The van der Waals surface area contributed by atoms with Crippen LogP contribution in [0, 0.1) is 12.8 Å². The van der Waals surface area contributed by atoms with Crippen LogP contribution in [-0.4, -0.2) is 5.91 Å². The van der Waals surface area contributed by atoms with Gasteiger partial charge in [-0.15, -0.1) is 0 Å². The molecule has 1 N–H and O–H groups in total. The Balaban J connectivity index is 1.65. The minimum Gasteiger partial charge on any atom is -0.326 e. The van der Waals surface area contributed by atoms with E-state index in [1.807, 2.05) is 37.3 Å². The second-order valence-corrected chi connectivity index (χ2v) is 5.72. The Morgan fingerprint density at radius 2 is 1.95 bits per heavy atom. The standard InChI is InChI=1S/C17H16ClNO/c1-11-7-8-13(9-16(11)18)19-17(20)15-10-14(15)12-5-3-2-4-6-12/h2-9,14-15H,10H2,1H3,(H,19,20)/t14-,15-/m1/s1. The van der Waals surface area contributed by atoms with E-state index in [0.717, 1.165) is 17.7 Å². The lowest BCUT2D eigenvalue weighted by Gasteiger charge is -2.07. The van der Waals surface area contributed by atoms with Crippen LogP contribution in [0.1, 0.15) is 23.5 Å². The van der Waals surface area contributed by atoms with Gasteiger partial charge in [-0.05, 0) is 42.5 Å². The predicted molar refractivity (Wildman–Crippen MR) is 82.1 cm³/mol. The highest BCUT2D eigenvalue weighted by atomic mass is 35.5. The number of aryl methyl sites for hydroxylation is 1. The molecule has 0 aromatic heterocycles. The monoisotopic (exact) mass is 285 g/mol. The highest BCUT2D eigenvalue weighted by molar-refractivity contribution is 6.31. The van der Waals surface area contributed by atoms with E-state index in [4.69, 9.17) is 11.6 Å². The molecule has 1 fully saturated rings. The van der Waals surface area contributed by atoms with Gasteiger partial charge in [0.1, 0.15) is 0 Å². The number of carbonyl (C=O) groups is 1. The number of hydrogen-bond donors (Lipinski definition) is 1. The summed E-state index contributed by atoms with van der Waals surface area (Å²) in [6.07, 6.45) is 0.926. The molecule has 2 nitrogen and oxygen atoms in total. The Bertz CT molecular complexity index is 639. The van der Waals surface area contributed by atoms with Crippen LogP contribution in [0.15, 0.2) is 48.5 Å². The molecule has 0 saturated heterocycles. The molecule has 2 aromatic carbocycles. The Kier molecular flexibility index (Phi) is 3.49. The maximum absolute atomic E-state index is 12.2. The molecule has 1 aliphatic rings. The van der Waals surface area contributed by atoms with Crippen molar-refractivity contribution in [1.82, 2.24) is 0 Å². The summed E-state index contributed by atoms with van der Waals surface area (Å²) in [5.41, 5.74) is 3.03. The molecule has 3 rings (SSSR count). The number of rotatable bonds is 3. The smallest absolute Gasteiger partial charge is 0.228 e. The maximum Gasteiger partial charge on any atom is 0.228 e. The molecule has 102 valence electrons. The molecule has 0 aliphatic heterocycles. The summed E-state index contributed by atoms with van der Waals surface area (Å²) in [6.45, 7) is 1.94. The molecule has 0 heterocycles. The van der Waals surface area contributed by atoms with Crippen molar-refractivity contribution >= 4 is 23.2 Å². The second kappa shape index (κ2) is 5.29. The molecule has 3 heteroatoms. The van der Waals surface area contributed by atoms with Crippen LogP contribution in [0.5, 0.6) is 0 Å². The molecule has 0 unspecified atom stereocenters. The molecule has 2 aromatic rings. The first-order chi connectivity index (χ1) is 9.65. The zero-order valence-corrected chi connectivity index (χ0v) is 12.0. The molecular weight excluding hydrogens is 270 g/mol. The first kappa shape index (κ1) is 13.2. The van der Waals surface area contributed by atoms with Crippen molar-refractivity contribution < 1.29 is 4.79 Å². The largest absolute Gasteiger partial charge is 0.326 e. The predicted octanol–water partition coefficient (Wildman–Crippen LogP) is 4.39. The fourth-order valence-corrected chi connectivity index (χ4v) is 2.64. The van der Waals surface area contributed by atoms with Gasteiger partial charge in [-0.3, -0.25) is 4.79 Å². The van der Waals surface area contributed by atoms with Crippen molar-refractivity contribution in [3.05, 3.63) is 64.7 Å². The zero-order chi connectivity index (χ0) is 14.1. The van der Waals surface area contributed by atoms with Gasteiger partial charge in [0.15, 0.2) is 0 Å². The lowest BCUT2D eigenvalue weighted by Crippen LogP contribution is -2.14. The van der Waals surface area contributed by atoms with E-state index in [1.54, 1.807) is 6.07 Å². The number of anilines is 1. The summed E-state index contributed by atoms with van der Waals surface area (Å²) < 4.78 is 0. The average molecular weight is 286 g/mol. The lowest BCUT2D eigenvalue weighted by atomic mass is 10.1.